The first-order valence-corrected chi connectivity index (χ1v) is 10.9. The Morgan fingerprint density at radius 3 is 2.69 bits per heavy atom. The number of ether oxygens (including phenoxy) is 1. The van der Waals surface area contributed by atoms with Gasteiger partial charge in [0.25, 0.3) is 0 Å². The first kappa shape index (κ1) is 21.3. The van der Waals surface area contributed by atoms with Crippen LogP contribution in [0, 0.1) is 6.92 Å². The fraction of sp³-hybridized carbons (Fsp3) is 0.304. The Bertz CT molecular complexity index is 969. The van der Waals surface area contributed by atoms with E-state index in [-0.39, 0.29) is 18.4 Å². The monoisotopic (exact) mass is 428 g/mol. The van der Waals surface area contributed by atoms with E-state index in [1.807, 2.05) is 37.4 Å². The Balaban J connectivity index is 1.50. The standard InChI is InChI=1S/C23H25ClN2O2S/c1-4-17-5-7-18(8-6-17)16(3)25-22(27)12-19-14-29-23(26-19)13-28-20-9-10-21(24)15(2)11-20/h5-11,14,16H,4,12-13H2,1-3H3,(H,25,27)/t16-/m0/s1. The number of aryl methyl sites for hydroxylation is 2. The summed E-state index contributed by atoms with van der Waals surface area (Å²) in [5.74, 6) is 0.715. The number of halogens is 1. The molecular weight excluding hydrogens is 404 g/mol. The van der Waals surface area contributed by atoms with Crippen molar-refractivity contribution in [3.05, 3.63) is 80.3 Å². The molecule has 1 N–H and O–H groups in total. The van der Waals surface area contributed by atoms with Crippen molar-refractivity contribution < 1.29 is 9.53 Å². The number of carbonyl (C=O) groups excluding carboxylic acids is 1. The van der Waals surface area contributed by atoms with Gasteiger partial charge in [-0.2, -0.15) is 0 Å². The molecule has 2 aromatic carbocycles. The Morgan fingerprint density at radius 2 is 2.00 bits per heavy atom. The number of hydrogen-bond donors (Lipinski definition) is 1. The molecule has 0 radical (unpaired) electrons. The van der Waals surface area contributed by atoms with Gasteiger partial charge in [0.05, 0.1) is 18.2 Å². The average Bonchev–Trinajstić information content (AvgIpc) is 3.16. The first-order valence-electron chi connectivity index (χ1n) is 9.65. The summed E-state index contributed by atoms with van der Waals surface area (Å²) in [7, 11) is 0. The summed E-state index contributed by atoms with van der Waals surface area (Å²) in [4.78, 5) is 16.9. The summed E-state index contributed by atoms with van der Waals surface area (Å²) in [5, 5.41) is 6.51. The van der Waals surface area contributed by atoms with E-state index >= 15 is 0 Å². The third kappa shape index (κ3) is 6.05. The molecule has 3 rings (SSSR count). The molecule has 0 saturated heterocycles. The minimum Gasteiger partial charge on any atom is -0.486 e. The van der Waals surface area contributed by atoms with Crippen LogP contribution in [0.2, 0.25) is 5.02 Å². The maximum absolute atomic E-state index is 12.4. The number of hydrogen-bond acceptors (Lipinski definition) is 4. The van der Waals surface area contributed by atoms with E-state index < -0.39 is 0 Å². The predicted molar refractivity (Wildman–Crippen MR) is 119 cm³/mol. The van der Waals surface area contributed by atoms with Crippen molar-refractivity contribution in [1.29, 1.82) is 0 Å². The van der Waals surface area contributed by atoms with Crippen molar-refractivity contribution in [2.45, 2.75) is 46.3 Å². The molecule has 0 aliphatic rings. The van der Waals surface area contributed by atoms with E-state index in [9.17, 15) is 4.79 Å². The topological polar surface area (TPSA) is 51.2 Å². The predicted octanol–water partition coefficient (Wildman–Crippen LogP) is 5.67. The average molecular weight is 429 g/mol. The Hall–Kier alpha value is -2.37. The van der Waals surface area contributed by atoms with Crippen molar-refractivity contribution >= 4 is 28.8 Å². The zero-order chi connectivity index (χ0) is 20.8. The molecule has 1 amide bonds. The highest BCUT2D eigenvalue weighted by Crippen LogP contribution is 2.22. The normalized spacial score (nSPS) is 11.9. The van der Waals surface area contributed by atoms with Crippen LogP contribution in [0.15, 0.2) is 47.8 Å². The van der Waals surface area contributed by atoms with Crippen LogP contribution in [0.5, 0.6) is 5.75 Å². The summed E-state index contributed by atoms with van der Waals surface area (Å²) < 4.78 is 5.78. The molecule has 152 valence electrons. The van der Waals surface area contributed by atoms with Gasteiger partial charge in [0.15, 0.2) is 0 Å². The second-order valence-electron chi connectivity index (χ2n) is 6.99. The molecule has 1 aromatic heterocycles. The molecule has 6 heteroatoms. The highest BCUT2D eigenvalue weighted by Gasteiger charge is 2.12. The SMILES string of the molecule is CCc1ccc([C@H](C)NC(=O)Cc2csc(COc3ccc(Cl)c(C)c3)n2)cc1. The molecule has 0 aliphatic carbocycles. The van der Waals surface area contributed by atoms with Crippen molar-refractivity contribution in [1.82, 2.24) is 10.3 Å². The molecule has 0 fully saturated rings. The third-order valence-corrected chi connectivity index (χ3v) is 5.99. The fourth-order valence-corrected chi connectivity index (χ4v) is 3.75. The van der Waals surface area contributed by atoms with E-state index in [1.165, 1.54) is 16.9 Å². The molecule has 4 nitrogen and oxygen atoms in total. The Labute approximate surface area is 180 Å². The quantitative estimate of drug-likeness (QED) is 0.503. The fourth-order valence-electron chi connectivity index (χ4n) is 2.93. The van der Waals surface area contributed by atoms with Gasteiger partial charge in [-0.05, 0) is 55.2 Å². The van der Waals surface area contributed by atoms with Gasteiger partial charge >= 0.3 is 0 Å². The minimum absolute atomic E-state index is 0.0387. The highest BCUT2D eigenvalue weighted by molar-refractivity contribution is 7.09. The second kappa shape index (κ2) is 9.90. The van der Waals surface area contributed by atoms with Gasteiger partial charge < -0.3 is 10.1 Å². The van der Waals surface area contributed by atoms with Crippen LogP contribution in [-0.4, -0.2) is 10.9 Å². The van der Waals surface area contributed by atoms with Crippen molar-refractivity contribution in [2.24, 2.45) is 0 Å². The van der Waals surface area contributed by atoms with E-state index in [1.54, 1.807) is 0 Å². The maximum atomic E-state index is 12.4. The van der Waals surface area contributed by atoms with E-state index in [4.69, 9.17) is 16.3 Å². The summed E-state index contributed by atoms with van der Waals surface area (Å²) in [6.07, 6.45) is 1.27. The van der Waals surface area contributed by atoms with Crippen LogP contribution >= 0.6 is 22.9 Å². The van der Waals surface area contributed by atoms with Crippen LogP contribution in [0.4, 0.5) is 0 Å². The molecular formula is C23H25ClN2O2S. The molecule has 0 bridgehead atoms. The molecule has 0 saturated carbocycles. The van der Waals surface area contributed by atoms with Gasteiger partial charge in [-0.15, -0.1) is 11.3 Å². The van der Waals surface area contributed by atoms with E-state index in [2.05, 4.69) is 41.5 Å². The molecule has 1 heterocycles. The van der Waals surface area contributed by atoms with Crippen molar-refractivity contribution in [3.8, 4) is 5.75 Å². The summed E-state index contributed by atoms with van der Waals surface area (Å²) >= 11 is 7.53. The van der Waals surface area contributed by atoms with Gasteiger partial charge in [0, 0.05) is 10.4 Å². The van der Waals surface area contributed by atoms with Crippen LogP contribution in [0.3, 0.4) is 0 Å². The molecule has 1 atom stereocenters. The van der Waals surface area contributed by atoms with Gasteiger partial charge in [0.2, 0.25) is 5.91 Å². The Kier molecular flexibility index (Phi) is 7.29. The number of nitrogens with zero attached hydrogens (tertiary/aromatic N) is 1. The Morgan fingerprint density at radius 1 is 1.24 bits per heavy atom. The van der Waals surface area contributed by atoms with Gasteiger partial charge in [0.1, 0.15) is 17.4 Å². The second-order valence-corrected chi connectivity index (χ2v) is 8.34. The summed E-state index contributed by atoms with van der Waals surface area (Å²) in [5.41, 5.74) is 4.12. The van der Waals surface area contributed by atoms with Gasteiger partial charge in [-0.25, -0.2) is 4.98 Å². The van der Waals surface area contributed by atoms with Crippen molar-refractivity contribution in [2.75, 3.05) is 0 Å². The van der Waals surface area contributed by atoms with Crippen LogP contribution < -0.4 is 10.1 Å². The minimum atomic E-state index is -0.0389. The van der Waals surface area contributed by atoms with E-state index in [0.29, 0.717) is 6.61 Å². The van der Waals surface area contributed by atoms with Crippen molar-refractivity contribution in [3.63, 3.8) is 0 Å². The smallest absolute Gasteiger partial charge is 0.226 e. The molecule has 0 unspecified atom stereocenters. The first-order chi connectivity index (χ1) is 13.9. The molecule has 0 aliphatic heterocycles. The molecule has 29 heavy (non-hydrogen) atoms. The largest absolute Gasteiger partial charge is 0.486 e. The van der Waals surface area contributed by atoms with E-state index in [0.717, 1.165) is 39.0 Å². The number of thiazole rings is 1. The van der Waals surface area contributed by atoms with Gasteiger partial charge in [-0.1, -0.05) is 42.8 Å². The number of nitrogens with one attached hydrogen (secondary N) is 1. The van der Waals surface area contributed by atoms with Crippen LogP contribution in [0.1, 0.15) is 47.3 Å². The zero-order valence-corrected chi connectivity index (χ0v) is 18.4. The highest BCUT2D eigenvalue weighted by atomic mass is 35.5. The maximum Gasteiger partial charge on any atom is 0.226 e. The number of benzene rings is 2. The molecule has 3 aromatic rings. The number of amides is 1. The number of carbonyl (C=O) groups is 1. The lowest BCUT2D eigenvalue weighted by Crippen LogP contribution is -2.28. The zero-order valence-electron chi connectivity index (χ0n) is 16.9. The van der Waals surface area contributed by atoms with Gasteiger partial charge in [-0.3, -0.25) is 4.79 Å². The lowest BCUT2D eigenvalue weighted by molar-refractivity contribution is -0.121. The lowest BCUT2D eigenvalue weighted by Gasteiger charge is -2.14. The lowest BCUT2D eigenvalue weighted by atomic mass is 10.0. The summed E-state index contributed by atoms with van der Waals surface area (Å²) in [6, 6.07) is 13.9. The molecule has 0 spiro atoms. The number of rotatable bonds is 8. The number of aromatic nitrogens is 1. The third-order valence-electron chi connectivity index (χ3n) is 4.70. The summed E-state index contributed by atoms with van der Waals surface area (Å²) in [6.45, 7) is 6.43. The van der Waals surface area contributed by atoms with Crippen LogP contribution in [-0.2, 0) is 24.2 Å². The van der Waals surface area contributed by atoms with Crippen LogP contribution in [0.25, 0.3) is 0 Å².